The summed E-state index contributed by atoms with van der Waals surface area (Å²) in [6.45, 7) is 4.16. The Morgan fingerprint density at radius 3 is 2.77 bits per heavy atom. The van der Waals surface area contributed by atoms with Gasteiger partial charge in [0.15, 0.2) is 12.0 Å². The monoisotopic (exact) mass is 176 g/mol. The van der Waals surface area contributed by atoms with Gasteiger partial charge < -0.3 is 4.42 Å². The van der Waals surface area contributed by atoms with E-state index in [0.717, 1.165) is 35.2 Å². The lowest BCUT2D eigenvalue weighted by Gasteiger charge is -1.99. The van der Waals surface area contributed by atoms with Crippen molar-refractivity contribution in [2.45, 2.75) is 26.7 Å². The van der Waals surface area contributed by atoms with E-state index in [1.807, 2.05) is 6.20 Å². The molecule has 0 bridgehead atoms. The summed E-state index contributed by atoms with van der Waals surface area (Å²) in [5.41, 5.74) is 3.96. The Morgan fingerprint density at radius 1 is 1.23 bits per heavy atom. The maximum absolute atomic E-state index is 5.31. The van der Waals surface area contributed by atoms with Crippen LogP contribution < -0.4 is 0 Å². The summed E-state index contributed by atoms with van der Waals surface area (Å²) in [4.78, 5) is 8.53. The van der Waals surface area contributed by atoms with E-state index in [2.05, 4.69) is 23.8 Å². The Kier molecular flexibility index (Phi) is 2.00. The molecule has 2 rings (SSSR count). The molecule has 13 heavy (non-hydrogen) atoms. The molecular formula is C10H12N2O. The van der Waals surface area contributed by atoms with E-state index in [4.69, 9.17) is 4.42 Å². The Bertz CT molecular complexity index is 382. The van der Waals surface area contributed by atoms with E-state index in [-0.39, 0.29) is 0 Å². The molecule has 0 radical (unpaired) electrons. The van der Waals surface area contributed by atoms with E-state index < -0.39 is 0 Å². The SMILES string of the molecule is CCc1cnc(CC)c2ocnc12. The molecule has 0 unspecified atom stereocenters. The zero-order valence-electron chi connectivity index (χ0n) is 7.87. The summed E-state index contributed by atoms with van der Waals surface area (Å²) in [6.07, 6.45) is 5.21. The highest BCUT2D eigenvalue weighted by Crippen LogP contribution is 2.20. The quantitative estimate of drug-likeness (QED) is 0.705. The van der Waals surface area contributed by atoms with Crippen LogP contribution in [0.3, 0.4) is 0 Å². The van der Waals surface area contributed by atoms with Gasteiger partial charge in [-0.3, -0.25) is 4.98 Å². The van der Waals surface area contributed by atoms with E-state index in [0.29, 0.717) is 0 Å². The molecule has 0 amide bonds. The lowest BCUT2D eigenvalue weighted by Crippen LogP contribution is -1.91. The first-order chi connectivity index (χ1) is 6.36. The van der Waals surface area contributed by atoms with Gasteiger partial charge in [-0.25, -0.2) is 4.98 Å². The third kappa shape index (κ3) is 1.20. The maximum atomic E-state index is 5.31. The molecular weight excluding hydrogens is 164 g/mol. The predicted molar refractivity (Wildman–Crippen MR) is 50.6 cm³/mol. The van der Waals surface area contributed by atoms with Crippen LogP contribution in [-0.2, 0) is 12.8 Å². The van der Waals surface area contributed by atoms with Crippen molar-refractivity contribution in [3.8, 4) is 0 Å². The first-order valence-electron chi connectivity index (χ1n) is 4.56. The molecule has 0 spiro atoms. The van der Waals surface area contributed by atoms with Crippen LogP contribution in [0.5, 0.6) is 0 Å². The Hall–Kier alpha value is -1.38. The van der Waals surface area contributed by atoms with Gasteiger partial charge >= 0.3 is 0 Å². The average molecular weight is 176 g/mol. The van der Waals surface area contributed by atoms with Crippen molar-refractivity contribution >= 4 is 11.1 Å². The first-order valence-corrected chi connectivity index (χ1v) is 4.56. The molecule has 2 aromatic rings. The molecule has 0 aliphatic heterocycles. The zero-order valence-corrected chi connectivity index (χ0v) is 7.87. The second-order valence-corrected chi connectivity index (χ2v) is 2.97. The van der Waals surface area contributed by atoms with Crippen molar-refractivity contribution in [2.75, 3.05) is 0 Å². The topological polar surface area (TPSA) is 38.9 Å². The zero-order chi connectivity index (χ0) is 9.26. The molecule has 3 heteroatoms. The van der Waals surface area contributed by atoms with Crippen LogP contribution in [0, 0.1) is 0 Å². The number of aryl methyl sites for hydroxylation is 2. The van der Waals surface area contributed by atoms with Crippen molar-refractivity contribution in [3.05, 3.63) is 23.8 Å². The lowest BCUT2D eigenvalue weighted by atomic mass is 10.1. The number of aromatic nitrogens is 2. The van der Waals surface area contributed by atoms with Gasteiger partial charge in [-0.2, -0.15) is 0 Å². The van der Waals surface area contributed by atoms with Gasteiger partial charge in [0.2, 0.25) is 0 Å². The minimum absolute atomic E-state index is 0.849. The van der Waals surface area contributed by atoms with Gasteiger partial charge in [0.25, 0.3) is 0 Å². The minimum atomic E-state index is 0.849. The molecule has 0 aliphatic carbocycles. The number of nitrogens with zero attached hydrogens (tertiary/aromatic N) is 2. The van der Waals surface area contributed by atoms with Gasteiger partial charge in [0.1, 0.15) is 5.52 Å². The van der Waals surface area contributed by atoms with E-state index in [9.17, 15) is 0 Å². The van der Waals surface area contributed by atoms with E-state index >= 15 is 0 Å². The molecule has 0 saturated carbocycles. The molecule has 0 saturated heterocycles. The summed E-state index contributed by atoms with van der Waals surface area (Å²) in [5, 5.41) is 0. The van der Waals surface area contributed by atoms with Crippen LogP contribution in [0.25, 0.3) is 11.1 Å². The molecule has 0 fully saturated rings. The highest BCUT2D eigenvalue weighted by Gasteiger charge is 2.08. The van der Waals surface area contributed by atoms with Crippen molar-refractivity contribution in [1.29, 1.82) is 0 Å². The fourth-order valence-electron chi connectivity index (χ4n) is 1.47. The fraction of sp³-hybridized carbons (Fsp3) is 0.400. The summed E-state index contributed by atoms with van der Waals surface area (Å²) in [5.74, 6) is 0. The molecule has 0 aromatic carbocycles. The normalized spacial score (nSPS) is 10.9. The van der Waals surface area contributed by atoms with Gasteiger partial charge in [-0.05, 0) is 18.4 Å². The van der Waals surface area contributed by atoms with Crippen molar-refractivity contribution in [1.82, 2.24) is 9.97 Å². The summed E-state index contributed by atoms with van der Waals surface area (Å²) >= 11 is 0. The fourth-order valence-corrected chi connectivity index (χ4v) is 1.47. The molecule has 0 aliphatic rings. The summed E-state index contributed by atoms with van der Waals surface area (Å²) < 4.78 is 5.31. The van der Waals surface area contributed by atoms with Crippen LogP contribution in [0.4, 0.5) is 0 Å². The van der Waals surface area contributed by atoms with Gasteiger partial charge in [0.05, 0.1) is 5.69 Å². The molecule has 2 aromatic heterocycles. The largest absolute Gasteiger partial charge is 0.442 e. The van der Waals surface area contributed by atoms with Crippen LogP contribution in [-0.4, -0.2) is 9.97 Å². The van der Waals surface area contributed by atoms with E-state index in [1.165, 1.54) is 6.39 Å². The Labute approximate surface area is 76.8 Å². The number of pyridine rings is 1. The average Bonchev–Trinajstić information content (AvgIpc) is 2.64. The minimum Gasteiger partial charge on any atom is -0.442 e. The second kappa shape index (κ2) is 3.17. The van der Waals surface area contributed by atoms with Crippen LogP contribution in [0.15, 0.2) is 17.0 Å². The van der Waals surface area contributed by atoms with Crippen molar-refractivity contribution in [3.63, 3.8) is 0 Å². The van der Waals surface area contributed by atoms with Crippen LogP contribution in [0.2, 0.25) is 0 Å². The predicted octanol–water partition coefficient (Wildman–Crippen LogP) is 2.35. The number of rotatable bonds is 2. The van der Waals surface area contributed by atoms with Gasteiger partial charge in [-0.15, -0.1) is 0 Å². The maximum Gasteiger partial charge on any atom is 0.182 e. The number of oxazole rings is 1. The highest BCUT2D eigenvalue weighted by molar-refractivity contribution is 5.77. The Morgan fingerprint density at radius 2 is 2.08 bits per heavy atom. The van der Waals surface area contributed by atoms with Crippen molar-refractivity contribution in [2.24, 2.45) is 0 Å². The van der Waals surface area contributed by atoms with E-state index in [1.54, 1.807) is 0 Å². The standard InChI is InChI=1S/C10H12N2O/c1-3-7-5-11-8(4-2)10-9(7)12-6-13-10/h5-6H,3-4H2,1-2H3. The van der Waals surface area contributed by atoms with Crippen LogP contribution in [0.1, 0.15) is 25.1 Å². The highest BCUT2D eigenvalue weighted by atomic mass is 16.3. The first kappa shape index (κ1) is 8.23. The molecule has 2 heterocycles. The lowest BCUT2D eigenvalue weighted by molar-refractivity contribution is 0.595. The third-order valence-corrected chi connectivity index (χ3v) is 2.23. The van der Waals surface area contributed by atoms with Crippen LogP contribution >= 0.6 is 0 Å². The summed E-state index contributed by atoms with van der Waals surface area (Å²) in [6, 6.07) is 0. The number of hydrogen-bond acceptors (Lipinski definition) is 3. The molecule has 0 N–H and O–H groups in total. The second-order valence-electron chi connectivity index (χ2n) is 2.97. The third-order valence-electron chi connectivity index (χ3n) is 2.23. The smallest absolute Gasteiger partial charge is 0.182 e. The van der Waals surface area contributed by atoms with Gasteiger partial charge in [0, 0.05) is 6.20 Å². The Balaban J connectivity index is 2.74. The molecule has 0 atom stereocenters. The number of fused-ring (bicyclic) bond motifs is 1. The number of hydrogen-bond donors (Lipinski definition) is 0. The molecule has 68 valence electrons. The molecule has 3 nitrogen and oxygen atoms in total. The summed E-state index contributed by atoms with van der Waals surface area (Å²) in [7, 11) is 0. The van der Waals surface area contributed by atoms with Crippen molar-refractivity contribution < 1.29 is 4.42 Å². The van der Waals surface area contributed by atoms with Gasteiger partial charge in [-0.1, -0.05) is 13.8 Å².